The van der Waals surface area contributed by atoms with Crippen LogP contribution in [0.1, 0.15) is 19.4 Å². The van der Waals surface area contributed by atoms with E-state index >= 15 is 0 Å². The van der Waals surface area contributed by atoms with Crippen LogP contribution in [0.25, 0.3) is 0 Å². The fourth-order valence-corrected chi connectivity index (χ4v) is 5.13. The quantitative estimate of drug-likeness (QED) is 0.277. The summed E-state index contributed by atoms with van der Waals surface area (Å²) in [5.74, 6) is 1.40. The fraction of sp³-hybridized carbons (Fsp3) is 0.350. The number of nitrogens with zero attached hydrogens (tertiary/aromatic N) is 1. The van der Waals surface area contributed by atoms with Gasteiger partial charge in [0.25, 0.3) is 0 Å². The maximum absolute atomic E-state index is 12.1. The molecule has 0 amide bonds. The summed E-state index contributed by atoms with van der Waals surface area (Å²) in [7, 11) is 0. The first-order valence-corrected chi connectivity index (χ1v) is 12.1. The van der Waals surface area contributed by atoms with Gasteiger partial charge < -0.3 is 19.5 Å². The second-order valence-electron chi connectivity index (χ2n) is 6.03. The van der Waals surface area contributed by atoms with Gasteiger partial charge in [0.1, 0.15) is 18.1 Å². The molecular formula is C20H22I3NO4. The van der Waals surface area contributed by atoms with Crippen molar-refractivity contribution in [1.29, 1.82) is 0 Å². The molecule has 8 heteroatoms. The van der Waals surface area contributed by atoms with E-state index in [-0.39, 0.29) is 18.1 Å². The molecule has 0 fully saturated rings. The minimum absolute atomic E-state index is 0.222. The highest BCUT2D eigenvalue weighted by Crippen LogP contribution is 2.34. The minimum Gasteiger partial charge on any atom is -0.507 e. The second-order valence-corrected chi connectivity index (χ2v) is 9.51. The molecule has 28 heavy (non-hydrogen) atoms. The molecule has 0 bridgehead atoms. The van der Waals surface area contributed by atoms with E-state index in [2.05, 4.69) is 86.5 Å². The molecule has 0 aliphatic carbocycles. The Kier molecular flexibility index (Phi) is 10.0. The lowest BCUT2D eigenvalue weighted by Gasteiger charge is -2.17. The van der Waals surface area contributed by atoms with Crippen LogP contribution >= 0.6 is 67.8 Å². The number of carbonyl (C=O) groups is 1. The van der Waals surface area contributed by atoms with Crippen molar-refractivity contribution in [2.24, 2.45) is 0 Å². The van der Waals surface area contributed by atoms with E-state index in [1.165, 1.54) is 0 Å². The van der Waals surface area contributed by atoms with Crippen molar-refractivity contribution in [3.05, 3.63) is 46.6 Å². The van der Waals surface area contributed by atoms with Crippen LogP contribution in [-0.2, 0) is 16.0 Å². The third-order valence-electron chi connectivity index (χ3n) is 4.11. The minimum atomic E-state index is -0.222. The Morgan fingerprint density at radius 1 is 1.04 bits per heavy atom. The van der Waals surface area contributed by atoms with Crippen LogP contribution in [0.3, 0.4) is 0 Å². The molecule has 2 aromatic rings. The van der Waals surface area contributed by atoms with Crippen LogP contribution in [0.2, 0.25) is 0 Å². The smallest absolute Gasteiger partial charge is 0.310 e. The van der Waals surface area contributed by atoms with Crippen molar-refractivity contribution in [2.45, 2.75) is 20.3 Å². The van der Waals surface area contributed by atoms with E-state index in [1.807, 2.05) is 12.1 Å². The van der Waals surface area contributed by atoms with Gasteiger partial charge >= 0.3 is 5.97 Å². The van der Waals surface area contributed by atoms with Gasteiger partial charge in [0.2, 0.25) is 0 Å². The van der Waals surface area contributed by atoms with Crippen LogP contribution in [0.15, 0.2) is 30.3 Å². The fourth-order valence-electron chi connectivity index (χ4n) is 2.53. The van der Waals surface area contributed by atoms with E-state index in [9.17, 15) is 9.90 Å². The Morgan fingerprint density at radius 2 is 1.68 bits per heavy atom. The lowest BCUT2D eigenvalue weighted by Crippen LogP contribution is -2.28. The number of phenolic OH excluding ortho intramolecular Hbond substituents is 1. The number of likely N-dealkylation sites (N-methyl/N-ethyl adjacent to an activating group) is 1. The van der Waals surface area contributed by atoms with Gasteiger partial charge in [0.05, 0.1) is 17.1 Å². The molecule has 2 aromatic carbocycles. The number of esters is 1. The Balaban J connectivity index is 2.00. The number of hydrogen-bond donors (Lipinski definition) is 1. The summed E-state index contributed by atoms with van der Waals surface area (Å²) in [5.41, 5.74) is 0.897. The molecular weight excluding hydrogens is 699 g/mol. The normalized spacial score (nSPS) is 10.9. The number of phenols is 1. The number of rotatable bonds is 9. The number of halogens is 3. The third-order valence-corrected chi connectivity index (χ3v) is 6.58. The zero-order valence-corrected chi connectivity index (χ0v) is 22.1. The molecule has 0 aromatic heterocycles. The summed E-state index contributed by atoms with van der Waals surface area (Å²) in [6.07, 6.45) is 0.238. The number of aromatic hydroxyl groups is 1. The molecule has 0 aliphatic rings. The van der Waals surface area contributed by atoms with Gasteiger partial charge in [0, 0.05) is 6.54 Å². The first-order valence-electron chi connectivity index (χ1n) is 8.86. The average molecular weight is 721 g/mol. The maximum Gasteiger partial charge on any atom is 0.310 e. The standard InChI is InChI=1S/C20H22I3NO4/c1-3-24(4-2)7-8-27-19(26)11-13-9-16(22)20(17(23)10-13)28-14-5-6-18(25)15(21)12-14/h5-6,9-10,12,25H,3-4,7-8,11H2,1-2H3. The van der Waals surface area contributed by atoms with Crippen LogP contribution < -0.4 is 4.74 Å². The molecule has 0 saturated heterocycles. The number of ether oxygens (including phenoxy) is 2. The lowest BCUT2D eigenvalue weighted by molar-refractivity contribution is -0.143. The van der Waals surface area contributed by atoms with Gasteiger partial charge in [-0.15, -0.1) is 0 Å². The number of benzene rings is 2. The summed E-state index contributed by atoms with van der Waals surface area (Å²) in [6.45, 7) is 7.26. The van der Waals surface area contributed by atoms with Crippen molar-refractivity contribution in [3.8, 4) is 17.2 Å². The average Bonchev–Trinajstić information content (AvgIpc) is 2.64. The molecule has 2 rings (SSSR count). The highest BCUT2D eigenvalue weighted by molar-refractivity contribution is 14.1. The van der Waals surface area contributed by atoms with E-state index < -0.39 is 0 Å². The molecule has 0 unspecified atom stereocenters. The van der Waals surface area contributed by atoms with E-state index in [1.54, 1.807) is 18.2 Å². The van der Waals surface area contributed by atoms with Gasteiger partial charge in [-0.1, -0.05) is 13.8 Å². The van der Waals surface area contributed by atoms with Crippen molar-refractivity contribution < 1.29 is 19.4 Å². The summed E-state index contributed by atoms with van der Waals surface area (Å²) >= 11 is 6.48. The molecule has 0 saturated carbocycles. The van der Waals surface area contributed by atoms with Crippen molar-refractivity contribution in [2.75, 3.05) is 26.2 Å². The van der Waals surface area contributed by atoms with Gasteiger partial charge in [-0.3, -0.25) is 4.79 Å². The third kappa shape index (κ3) is 7.17. The van der Waals surface area contributed by atoms with Crippen LogP contribution in [-0.4, -0.2) is 42.2 Å². The van der Waals surface area contributed by atoms with Crippen LogP contribution in [0, 0.1) is 10.7 Å². The Morgan fingerprint density at radius 3 is 2.25 bits per heavy atom. The first-order chi connectivity index (χ1) is 13.3. The molecule has 152 valence electrons. The van der Waals surface area contributed by atoms with Gasteiger partial charge in [-0.05, 0) is 117 Å². The number of carbonyl (C=O) groups excluding carboxylic acids is 1. The van der Waals surface area contributed by atoms with E-state index in [0.717, 1.165) is 41.7 Å². The van der Waals surface area contributed by atoms with E-state index in [4.69, 9.17) is 9.47 Å². The zero-order chi connectivity index (χ0) is 20.7. The van der Waals surface area contributed by atoms with Gasteiger partial charge in [-0.25, -0.2) is 0 Å². The number of hydrogen-bond acceptors (Lipinski definition) is 5. The van der Waals surface area contributed by atoms with Crippen LogP contribution in [0.4, 0.5) is 0 Å². The SMILES string of the molecule is CCN(CC)CCOC(=O)Cc1cc(I)c(Oc2ccc(O)c(I)c2)c(I)c1. The molecule has 0 radical (unpaired) electrons. The summed E-state index contributed by atoms with van der Waals surface area (Å²) in [5, 5.41) is 9.65. The predicted octanol–water partition coefficient (Wildman–Crippen LogP) is 5.43. The van der Waals surface area contributed by atoms with Crippen molar-refractivity contribution in [3.63, 3.8) is 0 Å². The predicted molar refractivity (Wildman–Crippen MR) is 135 cm³/mol. The van der Waals surface area contributed by atoms with Gasteiger partial charge in [0.15, 0.2) is 5.75 Å². The molecule has 0 heterocycles. The summed E-state index contributed by atoms with van der Waals surface area (Å²) < 4.78 is 13.9. The zero-order valence-electron chi connectivity index (χ0n) is 15.7. The molecule has 0 atom stereocenters. The highest BCUT2D eigenvalue weighted by atomic mass is 127. The van der Waals surface area contributed by atoms with Crippen LogP contribution in [0.5, 0.6) is 17.2 Å². The van der Waals surface area contributed by atoms with Crippen molar-refractivity contribution in [1.82, 2.24) is 4.90 Å². The first kappa shape index (κ1) is 23.9. The second kappa shape index (κ2) is 11.7. The Hall–Kier alpha value is -0.340. The van der Waals surface area contributed by atoms with Crippen molar-refractivity contribution >= 4 is 73.7 Å². The molecule has 0 spiro atoms. The summed E-state index contributed by atoms with van der Waals surface area (Å²) in [6, 6.07) is 9.00. The highest BCUT2D eigenvalue weighted by Gasteiger charge is 2.14. The largest absolute Gasteiger partial charge is 0.507 e. The molecule has 5 nitrogen and oxygen atoms in total. The monoisotopic (exact) mass is 721 g/mol. The van der Waals surface area contributed by atoms with Gasteiger partial charge in [-0.2, -0.15) is 0 Å². The molecule has 0 aliphatic heterocycles. The topological polar surface area (TPSA) is 59.0 Å². The Labute approximate surface area is 206 Å². The van der Waals surface area contributed by atoms with E-state index in [0.29, 0.717) is 12.4 Å². The lowest BCUT2D eigenvalue weighted by atomic mass is 10.1. The molecule has 1 N–H and O–H groups in total. The Bertz CT molecular complexity index is 802. The maximum atomic E-state index is 12.1. The summed E-state index contributed by atoms with van der Waals surface area (Å²) in [4.78, 5) is 14.4.